The van der Waals surface area contributed by atoms with Crippen molar-refractivity contribution in [3.63, 3.8) is 0 Å². The lowest BCUT2D eigenvalue weighted by atomic mass is 9.95. The van der Waals surface area contributed by atoms with Gasteiger partial charge in [-0.2, -0.15) is 13.2 Å². The Bertz CT molecular complexity index is 664. The van der Waals surface area contributed by atoms with Crippen LogP contribution in [-0.2, 0) is 9.59 Å². The predicted octanol–water partition coefficient (Wildman–Crippen LogP) is 4.10. The minimum atomic E-state index is -4.99. The van der Waals surface area contributed by atoms with Gasteiger partial charge in [-0.05, 0) is 44.7 Å². The summed E-state index contributed by atoms with van der Waals surface area (Å²) >= 11 is 1.27. The van der Waals surface area contributed by atoms with Gasteiger partial charge in [0.2, 0.25) is 5.91 Å². The monoisotopic (exact) mass is 388 g/mol. The molecule has 1 aromatic rings. The Labute approximate surface area is 154 Å². The van der Waals surface area contributed by atoms with Crippen LogP contribution >= 0.6 is 11.3 Å². The standard InChI is InChI=1S/C18H23F3N2O2S/c1-11-7-10-14(26-11)15(16(24)22-12-5-3-2-4-6-12)23(13-8-9-13)17(25)18(19,20)21/h7,10,12-13,15H,2-6,8-9H2,1H3,(H,22,24)/t15-/m0/s1. The summed E-state index contributed by atoms with van der Waals surface area (Å²) < 4.78 is 39.5. The van der Waals surface area contributed by atoms with Crippen LogP contribution in [0.15, 0.2) is 12.1 Å². The summed E-state index contributed by atoms with van der Waals surface area (Å²) in [5, 5.41) is 2.90. The molecule has 0 spiro atoms. The van der Waals surface area contributed by atoms with Crippen molar-refractivity contribution >= 4 is 23.2 Å². The predicted molar refractivity (Wildman–Crippen MR) is 92.7 cm³/mol. The van der Waals surface area contributed by atoms with Crippen molar-refractivity contribution in [2.24, 2.45) is 0 Å². The van der Waals surface area contributed by atoms with E-state index in [2.05, 4.69) is 5.32 Å². The number of carbonyl (C=O) groups excluding carboxylic acids is 2. The first-order valence-corrected chi connectivity index (χ1v) is 9.85. The van der Waals surface area contributed by atoms with Crippen molar-refractivity contribution in [3.8, 4) is 0 Å². The quantitative estimate of drug-likeness (QED) is 0.826. The largest absolute Gasteiger partial charge is 0.471 e. The van der Waals surface area contributed by atoms with E-state index in [1.54, 1.807) is 12.1 Å². The first-order valence-electron chi connectivity index (χ1n) is 9.03. The third-order valence-corrected chi connectivity index (χ3v) is 5.98. The normalized spacial score (nSPS) is 19.8. The number of hydrogen-bond donors (Lipinski definition) is 1. The molecule has 2 saturated carbocycles. The lowest BCUT2D eigenvalue weighted by Gasteiger charge is -2.33. The molecule has 0 radical (unpaired) electrons. The van der Waals surface area contributed by atoms with Gasteiger partial charge in [-0.1, -0.05) is 19.3 Å². The molecule has 2 aliphatic carbocycles. The zero-order valence-electron chi connectivity index (χ0n) is 14.6. The molecule has 2 aliphatic rings. The maximum atomic E-state index is 13.2. The first kappa shape index (κ1) is 19.2. The number of amides is 2. The fraction of sp³-hybridized carbons (Fsp3) is 0.667. The van der Waals surface area contributed by atoms with Gasteiger partial charge in [-0.25, -0.2) is 0 Å². The van der Waals surface area contributed by atoms with E-state index >= 15 is 0 Å². The molecule has 0 aliphatic heterocycles. The SMILES string of the molecule is Cc1ccc([C@@H](C(=O)NC2CCCCC2)N(C(=O)C(F)(F)F)C2CC2)s1. The van der Waals surface area contributed by atoms with Gasteiger partial charge in [0.25, 0.3) is 0 Å². The Hall–Kier alpha value is -1.57. The van der Waals surface area contributed by atoms with E-state index in [4.69, 9.17) is 0 Å². The van der Waals surface area contributed by atoms with Crippen molar-refractivity contribution in [2.75, 3.05) is 0 Å². The number of thiophene rings is 1. The molecule has 1 heterocycles. The Morgan fingerprint density at radius 2 is 1.81 bits per heavy atom. The fourth-order valence-electron chi connectivity index (χ4n) is 3.51. The van der Waals surface area contributed by atoms with Gasteiger partial charge >= 0.3 is 12.1 Å². The number of carbonyl (C=O) groups is 2. The van der Waals surface area contributed by atoms with E-state index in [1.165, 1.54) is 11.3 Å². The third kappa shape index (κ3) is 4.39. The maximum absolute atomic E-state index is 13.2. The van der Waals surface area contributed by atoms with Gasteiger partial charge in [0, 0.05) is 21.8 Å². The molecule has 3 rings (SSSR count). The summed E-state index contributed by atoms with van der Waals surface area (Å²) in [5.74, 6) is -2.42. The van der Waals surface area contributed by atoms with E-state index in [1.807, 2.05) is 6.92 Å². The Morgan fingerprint density at radius 1 is 1.15 bits per heavy atom. The van der Waals surface area contributed by atoms with Crippen LogP contribution in [0.25, 0.3) is 0 Å². The van der Waals surface area contributed by atoms with Gasteiger partial charge in [0.05, 0.1) is 0 Å². The molecular formula is C18H23F3N2O2S. The zero-order chi connectivity index (χ0) is 18.9. The molecule has 0 bridgehead atoms. The van der Waals surface area contributed by atoms with Crippen molar-refractivity contribution in [1.82, 2.24) is 10.2 Å². The number of alkyl halides is 3. The molecule has 1 atom stereocenters. The van der Waals surface area contributed by atoms with Crippen LogP contribution in [0, 0.1) is 6.92 Å². The molecule has 26 heavy (non-hydrogen) atoms. The number of hydrogen-bond acceptors (Lipinski definition) is 3. The number of nitrogens with one attached hydrogen (secondary N) is 1. The van der Waals surface area contributed by atoms with Crippen LogP contribution in [0.1, 0.15) is 60.7 Å². The highest BCUT2D eigenvalue weighted by atomic mass is 32.1. The van der Waals surface area contributed by atoms with Gasteiger partial charge in [-0.15, -0.1) is 11.3 Å². The average molecular weight is 388 g/mol. The second kappa shape index (κ2) is 7.58. The molecule has 4 nitrogen and oxygen atoms in total. The molecule has 0 aromatic carbocycles. The summed E-state index contributed by atoms with van der Waals surface area (Å²) in [5.41, 5.74) is 0. The smallest absolute Gasteiger partial charge is 0.351 e. The maximum Gasteiger partial charge on any atom is 0.471 e. The van der Waals surface area contributed by atoms with Crippen LogP contribution in [0.4, 0.5) is 13.2 Å². The van der Waals surface area contributed by atoms with E-state index < -0.39 is 30.1 Å². The van der Waals surface area contributed by atoms with Crippen LogP contribution < -0.4 is 5.32 Å². The Balaban J connectivity index is 1.88. The highest BCUT2D eigenvalue weighted by molar-refractivity contribution is 7.12. The Kier molecular flexibility index (Phi) is 5.60. The van der Waals surface area contributed by atoms with Crippen molar-refractivity contribution in [1.29, 1.82) is 0 Å². The van der Waals surface area contributed by atoms with Gasteiger partial charge < -0.3 is 10.2 Å². The highest BCUT2D eigenvalue weighted by Crippen LogP contribution is 2.40. The van der Waals surface area contributed by atoms with Crippen LogP contribution in [0.5, 0.6) is 0 Å². The minimum absolute atomic E-state index is 0.0261. The summed E-state index contributed by atoms with van der Waals surface area (Å²) in [7, 11) is 0. The van der Waals surface area contributed by atoms with Gasteiger partial charge in [0.1, 0.15) is 6.04 Å². The first-order chi connectivity index (χ1) is 12.3. The molecule has 0 saturated heterocycles. The molecule has 2 amide bonds. The third-order valence-electron chi connectivity index (χ3n) is 4.93. The van der Waals surface area contributed by atoms with Gasteiger partial charge in [0.15, 0.2) is 0 Å². The molecule has 1 N–H and O–H groups in total. The summed E-state index contributed by atoms with van der Waals surface area (Å²) in [6, 6.07) is 1.67. The molecule has 8 heteroatoms. The van der Waals surface area contributed by atoms with E-state index in [0.717, 1.165) is 41.9 Å². The summed E-state index contributed by atoms with van der Waals surface area (Å²) in [6.07, 6.45) is 0.790. The van der Waals surface area contributed by atoms with Crippen molar-refractivity contribution in [2.45, 2.75) is 76.2 Å². The Morgan fingerprint density at radius 3 is 2.31 bits per heavy atom. The van der Waals surface area contributed by atoms with Crippen molar-refractivity contribution < 1.29 is 22.8 Å². The topological polar surface area (TPSA) is 49.4 Å². The summed E-state index contributed by atoms with van der Waals surface area (Å²) in [6.45, 7) is 1.83. The van der Waals surface area contributed by atoms with Crippen LogP contribution in [0.3, 0.4) is 0 Å². The second-order valence-corrected chi connectivity index (χ2v) is 8.46. The number of nitrogens with zero attached hydrogens (tertiary/aromatic N) is 1. The molecule has 1 aromatic heterocycles. The lowest BCUT2D eigenvalue weighted by Crippen LogP contribution is -2.51. The second-order valence-electron chi connectivity index (χ2n) is 7.14. The zero-order valence-corrected chi connectivity index (χ0v) is 15.5. The van der Waals surface area contributed by atoms with Crippen LogP contribution in [0.2, 0.25) is 0 Å². The van der Waals surface area contributed by atoms with Gasteiger partial charge in [-0.3, -0.25) is 9.59 Å². The number of halogens is 3. The average Bonchev–Trinajstić information content (AvgIpc) is 3.33. The minimum Gasteiger partial charge on any atom is -0.351 e. The fourth-order valence-corrected chi connectivity index (χ4v) is 4.49. The van der Waals surface area contributed by atoms with E-state index in [-0.39, 0.29) is 6.04 Å². The lowest BCUT2D eigenvalue weighted by molar-refractivity contribution is -0.189. The highest BCUT2D eigenvalue weighted by Gasteiger charge is 2.51. The van der Waals surface area contributed by atoms with Crippen molar-refractivity contribution in [3.05, 3.63) is 21.9 Å². The molecule has 2 fully saturated rings. The molecular weight excluding hydrogens is 365 g/mol. The van der Waals surface area contributed by atoms with E-state index in [9.17, 15) is 22.8 Å². The summed E-state index contributed by atoms with van der Waals surface area (Å²) in [4.78, 5) is 27.2. The van der Waals surface area contributed by atoms with Crippen LogP contribution in [-0.4, -0.2) is 35.0 Å². The van der Waals surface area contributed by atoms with E-state index in [0.29, 0.717) is 17.7 Å². The number of aryl methyl sites for hydroxylation is 1. The molecule has 0 unspecified atom stereocenters. The molecule has 144 valence electrons. The number of rotatable bonds is 5.